The van der Waals surface area contributed by atoms with Gasteiger partial charge in [-0.15, -0.1) is 0 Å². The highest BCUT2D eigenvalue weighted by Gasteiger charge is 2.53. The SMILES string of the molecule is CCOC(=O)c1oc2ccccc2c1C1C[C@@H](C2CCCCC2)[C@@H](C(N)=O)N1C(=O)C1CCC(C(CF)NC(=O)OC(C)(C)C)CC1. The van der Waals surface area contributed by atoms with Crippen LogP contribution >= 0.6 is 0 Å². The first-order chi connectivity index (χ1) is 22.4. The summed E-state index contributed by atoms with van der Waals surface area (Å²) in [6, 6.07) is 5.16. The third kappa shape index (κ3) is 7.59. The van der Waals surface area contributed by atoms with Crippen LogP contribution in [0.25, 0.3) is 11.0 Å². The van der Waals surface area contributed by atoms with E-state index in [1.807, 2.05) is 18.2 Å². The third-order valence-electron chi connectivity index (χ3n) is 10.3. The first-order valence-electron chi connectivity index (χ1n) is 17.3. The number of alkyl carbamates (subject to hydrolysis) is 1. The Labute approximate surface area is 276 Å². The zero-order valence-corrected chi connectivity index (χ0v) is 28.1. The van der Waals surface area contributed by atoms with E-state index < -0.39 is 54.3 Å². The smallest absolute Gasteiger partial charge is 0.407 e. The van der Waals surface area contributed by atoms with Crippen LogP contribution in [0.5, 0.6) is 0 Å². The van der Waals surface area contributed by atoms with Crippen LogP contribution in [0.3, 0.4) is 0 Å². The van der Waals surface area contributed by atoms with Crippen LogP contribution in [0.15, 0.2) is 28.7 Å². The average molecular weight is 656 g/mol. The summed E-state index contributed by atoms with van der Waals surface area (Å²) in [6.07, 6.45) is 6.98. The fourth-order valence-electron chi connectivity index (χ4n) is 8.27. The van der Waals surface area contributed by atoms with Crippen molar-refractivity contribution < 1.29 is 37.5 Å². The first-order valence-corrected chi connectivity index (χ1v) is 17.3. The van der Waals surface area contributed by atoms with Crippen molar-refractivity contribution in [2.24, 2.45) is 29.4 Å². The second-order valence-corrected chi connectivity index (χ2v) is 14.5. The van der Waals surface area contributed by atoms with Crippen LogP contribution in [0.2, 0.25) is 0 Å². The Bertz CT molecular complexity index is 1440. The molecule has 2 unspecified atom stereocenters. The molecule has 11 heteroatoms. The minimum Gasteiger partial charge on any atom is -0.460 e. The lowest BCUT2D eigenvalue weighted by Gasteiger charge is -2.38. The van der Waals surface area contributed by atoms with Crippen LogP contribution in [-0.4, -0.2) is 59.7 Å². The first kappa shape index (κ1) is 34.7. The molecule has 3 amide bonds. The van der Waals surface area contributed by atoms with E-state index in [1.165, 1.54) is 0 Å². The fourth-order valence-corrected chi connectivity index (χ4v) is 8.27. The molecule has 3 fully saturated rings. The van der Waals surface area contributed by atoms with E-state index >= 15 is 0 Å². The summed E-state index contributed by atoms with van der Waals surface area (Å²) in [5.41, 5.74) is 6.51. The minimum atomic E-state index is -0.829. The molecule has 2 aliphatic carbocycles. The van der Waals surface area contributed by atoms with Crippen LogP contribution in [0.1, 0.15) is 114 Å². The molecule has 2 aromatic rings. The van der Waals surface area contributed by atoms with Gasteiger partial charge in [0.25, 0.3) is 0 Å². The van der Waals surface area contributed by atoms with Gasteiger partial charge in [-0.05, 0) is 83.6 Å². The maximum atomic E-state index is 14.7. The lowest BCUT2D eigenvalue weighted by atomic mass is 9.75. The molecule has 3 aliphatic rings. The Kier molecular flexibility index (Phi) is 10.8. The van der Waals surface area contributed by atoms with Gasteiger partial charge in [-0.2, -0.15) is 0 Å². The second kappa shape index (κ2) is 14.6. The number of carbonyl (C=O) groups is 4. The van der Waals surface area contributed by atoms with Crippen molar-refractivity contribution >= 4 is 34.8 Å². The molecule has 0 radical (unpaired) electrons. The molecular formula is C36H50FN3O7. The number of nitrogens with two attached hydrogens (primary N) is 1. The zero-order chi connectivity index (χ0) is 33.9. The number of hydrogen-bond acceptors (Lipinski definition) is 7. The standard InChI is InChI=1S/C36H50FN3O7/c1-5-45-34(43)31-29(24-13-9-10-14-28(24)46-31)27-19-25(21-11-7-6-8-12-21)30(32(38)41)40(27)33(42)23-17-15-22(16-18-23)26(20-37)39-35(44)47-36(2,3)4/h9-10,13-14,21-23,25-27,30H,5-8,11-12,15-20H2,1-4H3,(H2,38,41)(H,39,44)/t22?,23?,25-,26?,27?,30-/m0/s1. The van der Waals surface area contributed by atoms with Gasteiger partial charge in [-0.25, -0.2) is 14.0 Å². The van der Waals surface area contributed by atoms with E-state index in [4.69, 9.17) is 19.6 Å². The average Bonchev–Trinajstić information content (AvgIpc) is 3.62. The fraction of sp³-hybridized carbons (Fsp3) is 0.667. The highest BCUT2D eigenvalue weighted by Crippen LogP contribution is 2.51. The highest BCUT2D eigenvalue weighted by molar-refractivity contribution is 5.98. The van der Waals surface area contributed by atoms with E-state index in [9.17, 15) is 23.6 Å². The molecule has 3 N–H and O–H groups in total. The molecule has 47 heavy (non-hydrogen) atoms. The van der Waals surface area contributed by atoms with Crippen molar-refractivity contribution in [1.29, 1.82) is 0 Å². The number of carbonyl (C=O) groups excluding carboxylic acids is 4. The Morgan fingerprint density at radius 3 is 2.34 bits per heavy atom. The Hall–Kier alpha value is -3.63. The molecule has 2 saturated carbocycles. The monoisotopic (exact) mass is 655 g/mol. The van der Waals surface area contributed by atoms with Gasteiger partial charge in [0.2, 0.25) is 17.6 Å². The number of para-hydroxylation sites is 1. The summed E-state index contributed by atoms with van der Waals surface area (Å²) in [6.45, 7) is 6.39. The lowest BCUT2D eigenvalue weighted by molar-refractivity contribution is -0.145. The number of likely N-dealkylation sites (tertiary alicyclic amines) is 1. The van der Waals surface area contributed by atoms with Crippen molar-refractivity contribution in [2.45, 2.75) is 116 Å². The van der Waals surface area contributed by atoms with Crippen molar-refractivity contribution in [3.05, 3.63) is 35.6 Å². The largest absolute Gasteiger partial charge is 0.460 e. The van der Waals surface area contributed by atoms with Gasteiger partial charge in [-0.3, -0.25) is 9.59 Å². The molecule has 1 aliphatic heterocycles. The number of benzene rings is 1. The number of esters is 1. The van der Waals surface area contributed by atoms with E-state index in [2.05, 4.69) is 5.32 Å². The number of nitrogens with one attached hydrogen (secondary N) is 1. The lowest BCUT2D eigenvalue weighted by Crippen LogP contribution is -2.51. The molecule has 5 rings (SSSR count). The Balaban J connectivity index is 1.45. The summed E-state index contributed by atoms with van der Waals surface area (Å²) in [5.74, 6) is -1.82. The van der Waals surface area contributed by atoms with Gasteiger partial charge in [0.15, 0.2) is 0 Å². The number of amides is 3. The van der Waals surface area contributed by atoms with Crippen molar-refractivity contribution in [1.82, 2.24) is 10.2 Å². The van der Waals surface area contributed by atoms with E-state index in [0.717, 1.165) is 32.1 Å². The normalized spacial score (nSPS) is 26.1. The number of nitrogens with zero attached hydrogens (tertiary/aromatic N) is 1. The maximum absolute atomic E-state index is 14.7. The van der Waals surface area contributed by atoms with Crippen molar-refractivity contribution in [2.75, 3.05) is 13.3 Å². The van der Waals surface area contributed by atoms with Crippen molar-refractivity contribution in [3.8, 4) is 0 Å². The number of alkyl halides is 1. The molecule has 0 spiro atoms. The zero-order valence-electron chi connectivity index (χ0n) is 28.1. The maximum Gasteiger partial charge on any atom is 0.407 e. The number of rotatable bonds is 9. The number of hydrogen-bond donors (Lipinski definition) is 2. The third-order valence-corrected chi connectivity index (χ3v) is 10.3. The van der Waals surface area contributed by atoms with Gasteiger partial charge < -0.3 is 29.8 Å². The van der Waals surface area contributed by atoms with Crippen LogP contribution in [-0.2, 0) is 19.1 Å². The summed E-state index contributed by atoms with van der Waals surface area (Å²) in [4.78, 5) is 55.4. The predicted molar refractivity (Wildman–Crippen MR) is 174 cm³/mol. The van der Waals surface area contributed by atoms with E-state index in [1.54, 1.807) is 38.7 Å². The Morgan fingerprint density at radius 1 is 1.04 bits per heavy atom. The van der Waals surface area contributed by atoms with Crippen LogP contribution in [0.4, 0.5) is 9.18 Å². The molecular weight excluding hydrogens is 605 g/mol. The summed E-state index contributed by atoms with van der Waals surface area (Å²) in [7, 11) is 0. The van der Waals surface area contributed by atoms with Gasteiger partial charge in [0.05, 0.1) is 18.7 Å². The summed E-state index contributed by atoms with van der Waals surface area (Å²) in [5, 5.41) is 3.38. The molecule has 0 bridgehead atoms. The van der Waals surface area contributed by atoms with Gasteiger partial charge in [-0.1, -0.05) is 50.3 Å². The van der Waals surface area contributed by atoms with Gasteiger partial charge in [0.1, 0.15) is 23.9 Å². The molecule has 2 heterocycles. The number of ether oxygens (including phenoxy) is 2. The molecule has 258 valence electrons. The molecule has 1 aromatic carbocycles. The van der Waals surface area contributed by atoms with E-state index in [0.29, 0.717) is 48.6 Å². The number of fused-ring (bicyclic) bond motifs is 1. The molecule has 10 nitrogen and oxygen atoms in total. The van der Waals surface area contributed by atoms with Gasteiger partial charge >= 0.3 is 12.1 Å². The van der Waals surface area contributed by atoms with Gasteiger partial charge in [0, 0.05) is 16.9 Å². The summed E-state index contributed by atoms with van der Waals surface area (Å²) < 4.78 is 31.0. The van der Waals surface area contributed by atoms with Crippen molar-refractivity contribution in [3.63, 3.8) is 0 Å². The number of furan rings is 1. The number of halogens is 1. The van der Waals surface area contributed by atoms with Crippen LogP contribution in [0, 0.1) is 23.7 Å². The molecule has 4 atom stereocenters. The second-order valence-electron chi connectivity index (χ2n) is 14.5. The summed E-state index contributed by atoms with van der Waals surface area (Å²) >= 11 is 0. The highest BCUT2D eigenvalue weighted by atomic mass is 19.1. The topological polar surface area (TPSA) is 141 Å². The number of primary amides is 1. The molecule has 1 saturated heterocycles. The molecule has 1 aromatic heterocycles. The Morgan fingerprint density at radius 2 is 1.72 bits per heavy atom. The minimum absolute atomic E-state index is 0.0473. The quantitative estimate of drug-likeness (QED) is 0.290. The van der Waals surface area contributed by atoms with E-state index in [-0.39, 0.29) is 36.0 Å². The predicted octanol–water partition coefficient (Wildman–Crippen LogP) is 6.60. The van der Waals surface area contributed by atoms with Crippen LogP contribution < -0.4 is 11.1 Å².